The highest BCUT2D eigenvalue weighted by molar-refractivity contribution is 5.85. The molecule has 1 N–H and O–H groups in total. The number of benzene rings is 1. The predicted molar refractivity (Wildman–Crippen MR) is 122 cm³/mol. The first-order valence-corrected chi connectivity index (χ1v) is 10.4. The number of carbonyl (C=O) groups is 1. The van der Waals surface area contributed by atoms with E-state index in [1.165, 1.54) is 12.1 Å². The first kappa shape index (κ1) is 26.0. The van der Waals surface area contributed by atoms with E-state index in [1.54, 1.807) is 0 Å². The number of amides is 1. The van der Waals surface area contributed by atoms with Crippen molar-refractivity contribution >= 4 is 36.4 Å². The molecule has 2 aliphatic rings. The highest BCUT2D eigenvalue weighted by Crippen LogP contribution is 2.20. The van der Waals surface area contributed by atoms with Crippen LogP contribution in [0.3, 0.4) is 0 Å². The highest BCUT2D eigenvalue weighted by Gasteiger charge is 2.32. The zero-order valence-corrected chi connectivity index (χ0v) is 19.1. The monoisotopic (exact) mass is 448 g/mol. The van der Waals surface area contributed by atoms with E-state index in [2.05, 4.69) is 33.9 Å². The van der Waals surface area contributed by atoms with Crippen molar-refractivity contribution in [2.24, 2.45) is 0 Å². The maximum atomic E-state index is 13.2. The quantitative estimate of drug-likeness (QED) is 0.724. The fraction of sp³-hybridized carbons (Fsp3) is 0.667. The molecular weight excluding hydrogens is 414 g/mol. The van der Waals surface area contributed by atoms with Crippen LogP contribution in [0.5, 0.6) is 0 Å². The summed E-state index contributed by atoms with van der Waals surface area (Å²) in [6.45, 7) is 10.5. The summed E-state index contributed by atoms with van der Waals surface area (Å²) >= 11 is 0. The van der Waals surface area contributed by atoms with Crippen LogP contribution in [0.1, 0.15) is 33.1 Å². The minimum Gasteiger partial charge on any atom is -0.369 e. The average Bonchev–Trinajstić information content (AvgIpc) is 2.72. The molecule has 1 atom stereocenters. The SMILES string of the molecule is CCCN(C(=O)C(C)N1CCN(c2ccc(F)cc2)CC1)C1CCNCC1.Cl.Cl. The lowest BCUT2D eigenvalue weighted by atomic mass is 10.0. The van der Waals surface area contributed by atoms with Gasteiger partial charge < -0.3 is 15.1 Å². The van der Waals surface area contributed by atoms with E-state index in [-0.39, 0.29) is 42.6 Å². The fourth-order valence-electron chi connectivity index (χ4n) is 4.25. The van der Waals surface area contributed by atoms with E-state index < -0.39 is 0 Å². The zero-order valence-electron chi connectivity index (χ0n) is 17.5. The fourth-order valence-corrected chi connectivity index (χ4v) is 4.25. The number of nitrogens with one attached hydrogen (secondary N) is 1. The summed E-state index contributed by atoms with van der Waals surface area (Å²) in [7, 11) is 0. The number of carbonyl (C=O) groups excluding carboxylic acids is 1. The predicted octanol–water partition coefficient (Wildman–Crippen LogP) is 3.17. The largest absolute Gasteiger partial charge is 0.369 e. The Bertz CT molecular complexity index is 605. The Hall–Kier alpha value is -1.08. The van der Waals surface area contributed by atoms with Crippen molar-refractivity contribution in [1.29, 1.82) is 0 Å². The molecule has 1 aromatic carbocycles. The van der Waals surface area contributed by atoms with Gasteiger partial charge in [-0.25, -0.2) is 4.39 Å². The summed E-state index contributed by atoms with van der Waals surface area (Å²) in [6, 6.07) is 6.98. The third kappa shape index (κ3) is 6.71. The van der Waals surface area contributed by atoms with Crippen molar-refractivity contribution in [3.8, 4) is 0 Å². The van der Waals surface area contributed by atoms with Gasteiger partial charge in [-0.2, -0.15) is 0 Å². The second kappa shape index (κ2) is 12.6. The van der Waals surface area contributed by atoms with E-state index in [0.29, 0.717) is 6.04 Å². The normalized spacial score (nSPS) is 19.1. The molecule has 0 aliphatic carbocycles. The summed E-state index contributed by atoms with van der Waals surface area (Å²) in [4.78, 5) is 19.9. The highest BCUT2D eigenvalue weighted by atomic mass is 35.5. The van der Waals surface area contributed by atoms with Crippen LogP contribution in [0.2, 0.25) is 0 Å². The molecule has 0 radical (unpaired) electrons. The molecule has 3 rings (SSSR count). The second-order valence-electron chi connectivity index (χ2n) is 7.69. The van der Waals surface area contributed by atoms with Gasteiger partial charge in [-0.1, -0.05) is 6.92 Å². The van der Waals surface area contributed by atoms with E-state index >= 15 is 0 Å². The van der Waals surface area contributed by atoms with Crippen molar-refractivity contribution < 1.29 is 9.18 Å². The number of anilines is 1. The standard InChI is InChI=1S/C21H33FN4O.2ClH/c1-3-12-26(20-8-10-23-11-9-20)21(27)17(2)24-13-15-25(16-14-24)19-6-4-18(22)5-7-19;;/h4-7,17,20,23H,3,8-16H2,1-2H3;2*1H. The van der Waals surface area contributed by atoms with Gasteiger partial charge in [-0.05, 0) is 63.5 Å². The van der Waals surface area contributed by atoms with Gasteiger partial charge in [0.15, 0.2) is 0 Å². The summed E-state index contributed by atoms with van der Waals surface area (Å²) in [5.41, 5.74) is 1.05. The van der Waals surface area contributed by atoms with E-state index in [4.69, 9.17) is 0 Å². The van der Waals surface area contributed by atoms with Crippen molar-refractivity contribution in [3.63, 3.8) is 0 Å². The lowest BCUT2D eigenvalue weighted by Gasteiger charge is -2.42. The Morgan fingerprint density at radius 2 is 1.72 bits per heavy atom. The van der Waals surface area contributed by atoms with Crippen molar-refractivity contribution in [2.75, 3.05) is 50.7 Å². The first-order chi connectivity index (χ1) is 13.1. The molecule has 29 heavy (non-hydrogen) atoms. The molecule has 5 nitrogen and oxygen atoms in total. The Labute approximate surface area is 186 Å². The van der Waals surface area contributed by atoms with Crippen LogP contribution in [0.4, 0.5) is 10.1 Å². The van der Waals surface area contributed by atoms with Gasteiger partial charge in [0.2, 0.25) is 5.91 Å². The molecule has 2 saturated heterocycles. The maximum absolute atomic E-state index is 13.2. The van der Waals surface area contributed by atoms with Gasteiger partial charge in [0, 0.05) is 44.5 Å². The zero-order chi connectivity index (χ0) is 19.2. The minimum atomic E-state index is -0.203. The molecule has 166 valence electrons. The number of halogens is 3. The Morgan fingerprint density at radius 1 is 1.14 bits per heavy atom. The second-order valence-corrected chi connectivity index (χ2v) is 7.69. The maximum Gasteiger partial charge on any atom is 0.239 e. The van der Waals surface area contributed by atoms with Gasteiger partial charge in [-0.15, -0.1) is 24.8 Å². The molecule has 8 heteroatoms. The van der Waals surface area contributed by atoms with Crippen LogP contribution in [-0.4, -0.2) is 73.6 Å². The molecule has 1 amide bonds. The molecule has 1 unspecified atom stereocenters. The first-order valence-electron chi connectivity index (χ1n) is 10.4. The number of rotatable bonds is 6. The van der Waals surface area contributed by atoms with E-state index in [1.807, 2.05) is 12.1 Å². The van der Waals surface area contributed by atoms with Crippen molar-refractivity contribution in [3.05, 3.63) is 30.1 Å². The smallest absolute Gasteiger partial charge is 0.239 e. The van der Waals surface area contributed by atoms with E-state index in [0.717, 1.165) is 70.8 Å². The van der Waals surface area contributed by atoms with Gasteiger partial charge in [0.25, 0.3) is 0 Å². The molecule has 0 spiro atoms. The minimum absolute atomic E-state index is 0. The summed E-state index contributed by atoms with van der Waals surface area (Å²) < 4.78 is 13.1. The number of piperazine rings is 1. The number of hydrogen-bond acceptors (Lipinski definition) is 4. The molecule has 0 bridgehead atoms. The van der Waals surface area contributed by atoms with Crippen molar-refractivity contribution in [1.82, 2.24) is 15.1 Å². The van der Waals surface area contributed by atoms with Crippen LogP contribution < -0.4 is 10.2 Å². The molecule has 0 saturated carbocycles. The third-order valence-corrected chi connectivity index (χ3v) is 5.91. The summed E-state index contributed by atoms with van der Waals surface area (Å²) in [5, 5.41) is 3.39. The number of nitrogens with zero attached hydrogens (tertiary/aromatic N) is 3. The number of hydrogen-bond donors (Lipinski definition) is 1. The van der Waals surface area contributed by atoms with Crippen LogP contribution in [0.15, 0.2) is 24.3 Å². The lowest BCUT2D eigenvalue weighted by molar-refractivity contribution is -0.139. The molecule has 2 fully saturated rings. The van der Waals surface area contributed by atoms with Crippen LogP contribution in [0, 0.1) is 5.82 Å². The van der Waals surface area contributed by atoms with Gasteiger partial charge in [0.05, 0.1) is 6.04 Å². The van der Waals surface area contributed by atoms with Gasteiger partial charge >= 0.3 is 0 Å². The average molecular weight is 449 g/mol. The molecule has 1 aromatic rings. The van der Waals surface area contributed by atoms with Crippen LogP contribution in [-0.2, 0) is 4.79 Å². The molecular formula is C21H35Cl2FN4O. The van der Waals surface area contributed by atoms with Crippen molar-refractivity contribution in [2.45, 2.75) is 45.2 Å². The Balaban J connectivity index is 0.00000210. The molecule has 2 heterocycles. The van der Waals surface area contributed by atoms with Crippen LogP contribution >= 0.6 is 24.8 Å². The Morgan fingerprint density at radius 3 is 2.28 bits per heavy atom. The van der Waals surface area contributed by atoms with Gasteiger partial charge in [0.1, 0.15) is 5.82 Å². The van der Waals surface area contributed by atoms with Gasteiger partial charge in [-0.3, -0.25) is 9.69 Å². The summed E-state index contributed by atoms with van der Waals surface area (Å²) in [5.74, 6) is 0.0736. The topological polar surface area (TPSA) is 38.8 Å². The number of piperidine rings is 1. The molecule has 0 aromatic heterocycles. The molecule has 2 aliphatic heterocycles. The third-order valence-electron chi connectivity index (χ3n) is 5.91. The lowest BCUT2D eigenvalue weighted by Crippen LogP contribution is -2.57. The Kier molecular flexibility index (Phi) is 11.3. The summed E-state index contributed by atoms with van der Waals surface area (Å²) in [6.07, 6.45) is 3.11. The van der Waals surface area contributed by atoms with E-state index in [9.17, 15) is 9.18 Å². The van der Waals surface area contributed by atoms with Crippen LogP contribution in [0.25, 0.3) is 0 Å².